The average Bonchev–Trinajstić information content (AvgIpc) is 3.33. The molecule has 0 radical (unpaired) electrons. The minimum absolute atomic E-state index is 0.0732. The van der Waals surface area contributed by atoms with E-state index in [1.807, 2.05) is 0 Å². The fraction of sp³-hybridized carbons (Fsp3) is 0.474. The van der Waals surface area contributed by atoms with Crippen LogP contribution in [0.2, 0.25) is 0 Å². The van der Waals surface area contributed by atoms with Gasteiger partial charge in [0.05, 0.1) is 20.1 Å². The lowest BCUT2D eigenvalue weighted by Gasteiger charge is -2.25. The first-order valence-corrected chi connectivity index (χ1v) is 11.6. The Hall–Kier alpha value is -2.17. The Bertz CT molecular complexity index is 986. The minimum Gasteiger partial charge on any atom is -0.465 e. The number of methoxy groups -OCH3 is 1. The summed E-state index contributed by atoms with van der Waals surface area (Å²) < 4.78 is 37.3. The largest absolute Gasteiger partial charge is 0.465 e. The maximum absolute atomic E-state index is 12.7. The van der Waals surface area contributed by atoms with Crippen LogP contribution in [0.25, 0.3) is 0 Å². The van der Waals surface area contributed by atoms with Crippen LogP contribution < -0.4 is 5.32 Å². The molecule has 3 heterocycles. The van der Waals surface area contributed by atoms with Crippen LogP contribution in [-0.4, -0.2) is 44.8 Å². The zero-order valence-electron chi connectivity index (χ0n) is 16.4. The van der Waals surface area contributed by atoms with Crippen LogP contribution in [0.1, 0.15) is 46.0 Å². The van der Waals surface area contributed by atoms with Gasteiger partial charge in [-0.1, -0.05) is 6.42 Å². The molecule has 0 spiro atoms. The predicted octanol–water partition coefficient (Wildman–Crippen LogP) is 2.47. The highest BCUT2D eigenvalue weighted by Crippen LogP contribution is 2.27. The first kappa shape index (κ1) is 21.5. The first-order chi connectivity index (χ1) is 13.8. The molecule has 10 heteroatoms. The van der Waals surface area contributed by atoms with E-state index in [-0.39, 0.29) is 23.1 Å². The van der Waals surface area contributed by atoms with Gasteiger partial charge in [0.25, 0.3) is 10.0 Å². The summed E-state index contributed by atoms with van der Waals surface area (Å²) in [5.41, 5.74) is 0.322. The van der Waals surface area contributed by atoms with Crippen LogP contribution in [0.4, 0.5) is 0 Å². The number of piperidine rings is 1. The molecule has 0 saturated carbocycles. The SMILES string of the molecule is COC(=O)c1cc(CNC(=O)Cc2ccc(S(=O)(=O)N3CCCCC3)s2)oc1C. The molecule has 2 aromatic heterocycles. The predicted molar refractivity (Wildman–Crippen MR) is 107 cm³/mol. The minimum atomic E-state index is -3.48. The quantitative estimate of drug-likeness (QED) is 0.663. The number of rotatable bonds is 7. The molecule has 2 aromatic rings. The van der Waals surface area contributed by atoms with E-state index < -0.39 is 16.0 Å². The van der Waals surface area contributed by atoms with Crippen LogP contribution in [0.3, 0.4) is 0 Å². The number of furan rings is 1. The summed E-state index contributed by atoms with van der Waals surface area (Å²) in [5, 5.41) is 2.72. The van der Waals surface area contributed by atoms with Gasteiger partial charge in [0.2, 0.25) is 5.91 Å². The Morgan fingerprint density at radius 1 is 1.24 bits per heavy atom. The number of nitrogens with zero attached hydrogens (tertiary/aromatic N) is 1. The Morgan fingerprint density at radius 3 is 2.66 bits per heavy atom. The summed E-state index contributed by atoms with van der Waals surface area (Å²) in [6, 6.07) is 4.78. The lowest BCUT2D eigenvalue weighted by atomic mass is 10.2. The van der Waals surface area contributed by atoms with Gasteiger partial charge in [-0.3, -0.25) is 4.79 Å². The van der Waals surface area contributed by atoms with Crippen LogP contribution in [-0.2, 0) is 32.5 Å². The number of esters is 1. The molecule has 1 fully saturated rings. The van der Waals surface area contributed by atoms with Crippen molar-refractivity contribution in [1.29, 1.82) is 0 Å². The summed E-state index contributed by atoms with van der Waals surface area (Å²) in [7, 11) is -2.19. The number of hydrogen-bond donors (Lipinski definition) is 1. The van der Waals surface area contributed by atoms with Gasteiger partial charge in [-0.2, -0.15) is 4.31 Å². The molecule has 0 atom stereocenters. The summed E-state index contributed by atoms with van der Waals surface area (Å²) >= 11 is 1.12. The Balaban J connectivity index is 1.57. The zero-order valence-corrected chi connectivity index (χ0v) is 18.0. The molecule has 1 amide bonds. The molecular weight excluding hydrogens is 416 g/mol. The third-order valence-electron chi connectivity index (χ3n) is 4.71. The number of nitrogens with one attached hydrogen (secondary N) is 1. The van der Waals surface area contributed by atoms with E-state index in [2.05, 4.69) is 10.1 Å². The number of carbonyl (C=O) groups excluding carboxylic acids is 2. The second-order valence-corrected chi connectivity index (χ2v) is 10.1. The van der Waals surface area contributed by atoms with E-state index >= 15 is 0 Å². The topological polar surface area (TPSA) is 106 Å². The van der Waals surface area contributed by atoms with Gasteiger partial charge >= 0.3 is 5.97 Å². The lowest BCUT2D eigenvalue weighted by molar-refractivity contribution is -0.120. The Morgan fingerprint density at radius 2 is 1.97 bits per heavy atom. The molecule has 0 aromatic carbocycles. The highest BCUT2D eigenvalue weighted by Gasteiger charge is 2.27. The Labute approximate surface area is 173 Å². The van der Waals surface area contributed by atoms with Crippen molar-refractivity contribution in [3.05, 3.63) is 40.2 Å². The highest BCUT2D eigenvalue weighted by atomic mass is 32.2. The van der Waals surface area contributed by atoms with Gasteiger partial charge in [0.1, 0.15) is 21.3 Å². The van der Waals surface area contributed by atoms with E-state index in [9.17, 15) is 18.0 Å². The smallest absolute Gasteiger partial charge is 0.341 e. The van der Waals surface area contributed by atoms with Crippen molar-refractivity contribution in [2.75, 3.05) is 20.2 Å². The van der Waals surface area contributed by atoms with Crippen molar-refractivity contribution in [2.45, 2.75) is 43.4 Å². The number of sulfonamides is 1. The van der Waals surface area contributed by atoms with Gasteiger partial charge in [-0.05, 0) is 38.0 Å². The van der Waals surface area contributed by atoms with Crippen molar-refractivity contribution in [2.24, 2.45) is 0 Å². The fourth-order valence-corrected chi connectivity index (χ4v) is 6.20. The summed E-state index contributed by atoms with van der Waals surface area (Å²) in [4.78, 5) is 24.5. The van der Waals surface area contributed by atoms with Gasteiger partial charge < -0.3 is 14.5 Å². The van der Waals surface area contributed by atoms with E-state index in [0.717, 1.165) is 30.6 Å². The van der Waals surface area contributed by atoms with E-state index in [1.165, 1.54) is 17.5 Å². The lowest BCUT2D eigenvalue weighted by Crippen LogP contribution is -2.35. The standard InChI is InChI=1S/C19H24N2O6S2/c1-13-16(19(23)26-2)10-14(27-13)12-20-17(22)11-15-6-7-18(28-15)29(24,25)21-8-4-3-5-9-21/h6-7,10H,3-5,8-9,11-12H2,1-2H3,(H,20,22). The van der Waals surface area contributed by atoms with Gasteiger partial charge in [-0.15, -0.1) is 11.3 Å². The van der Waals surface area contributed by atoms with Gasteiger partial charge in [0.15, 0.2) is 0 Å². The molecular formula is C19H24N2O6S2. The van der Waals surface area contributed by atoms with Crippen LogP contribution in [0, 0.1) is 6.92 Å². The third kappa shape index (κ3) is 5.06. The molecule has 1 aliphatic heterocycles. The molecule has 3 rings (SSSR count). The highest BCUT2D eigenvalue weighted by molar-refractivity contribution is 7.91. The van der Waals surface area contributed by atoms with Gasteiger partial charge in [-0.25, -0.2) is 13.2 Å². The maximum atomic E-state index is 12.7. The molecule has 29 heavy (non-hydrogen) atoms. The van der Waals surface area contributed by atoms with Crippen molar-refractivity contribution in [1.82, 2.24) is 9.62 Å². The second-order valence-electron chi connectivity index (χ2n) is 6.81. The molecule has 1 N–H and O–H groups in total. The Kier molecular flexibility index (Phi) is 6.76. The van der Waals surface area contributed by atoms with E-state index in [0.29, 0.717) is 35.1 Å². The fourth-order valence-electron chi connectivity index (χ4n) is 3.17. The average molecular weight is 441 g/mol. The number of aryl methyl sites for hydroxylation is 1. The summed E-state index contributed by atoms with van der Waals surface area (Å²) in [6.45, 7) is 2.87. The monoisotopic (exact) mass is 440 g/mol. The molecule has 0 aliphatic carbocycles. The van der Waals surface area contributed by atoms with Gasteiger partial charge in [0, 0.05) is 18.0 Å². The number of hydrogen-bond acceptors (Lipinski definition) is 7. The summed E-state index contributed by atoms with van der Waals surface area (Å²) in [6.07, 6.45) is 2.88. The maximum Gasteiger partial charge on any atom is 0.341 e. The molecule has 1 saturated heterocycles. The second kappa shape index (κ2) is 9.10. The number of amides is 1. The van der Waals surface area contributed by atoms with Crippen molar-refractivity contribution in [3.63, 3.8) is 0 Å². The number of carbonyl (C=O) groups is 2. The molecule has 8 nitrogen and oxygen atoms in total. The first-order valence-electron chi connectivity index (χ1n) is 9.34. The van der Waals surface area contributed by atoms with Crippen molar-refractivity contribution >= 4 is 33.2 Å². The summed E-state index contributed by atoms with van der Waals surface area (Å²) in [5.74, 6) is 0.106. The van der Waals surface area contributed by atoms with E-state index in [4.69, 9.17) is 4.42 Å². The normalized spacial score (nSPS) is 15.2. The van der Waals surface area contributed by atoms with Crippen LogP contribution >= 0.6 is 11.3 Å². The third-order valence-corrected chi connectivity index (χ3v) is 8.17. The van der Waals surface area contributed by atoms with Crippen LogP contribution in [0.5, 0.6) is 0 Å². The molecule has 158 valence electrons. The number of ether oxygens (including phenoxy) is 1. The number of thiophene rings is 1. The van der Waals surface area contributed by atoms with E-state index in [1.54, 1.807) is 19.1 Å². The van der Waals surface area contributed by atoms with Crippen molar-refractivity contribution in [3.8, 4) is 0 Å². The molecule has 0 bridgehead atoms. The van der Waals surface area contributed by atoms with Crippen molar-refractivity contribution < 1.29 is 27.2 Å². The zero-order chi connectivity index (χ0) is 21.0. The molecule has 1 aliphatic rings. The molecule has 0 unspecified atom stereocenters. The van der Waals surface area contributed by atoms with Crippen LogP contribution in [0.15, 0.2) is 26.8 Å².